The van der Waals surface area contributed by atoms with Gasteiger partial charge in [-0.3, -0.25) is 9.59 Å². The average molecular weight is 397 g/mol. The number of hydrazine groups is 1. The van der Waals surface area contributed by atoms with E-state index in [2.05, 4.69) is 20.8 Å². The van der Waals surface area contributed by atoms with Crippen LogP contribution >= 0.6 is 0 Å². The fraction of sp³-hybridized carbons (Fsp3) is 0.300. The summed E-state index contributed by atoms with van der Waals surface area (Å²) < 4.78 is 0. The van der Waals surface area contributed by atoms with E-state index in [4.69, 9.17) is 11.6 Å². The summed E-state index contributed by atoms with van der Waals surface area (Å²) in [6.45, 7) is 0.554. The Kier molecular flexibility index (Phi) is 8.58. The Labute approximate surface area is 170 Å². The summed E-state index contributed by atoms with van der Waals surface area (Å²) in [5, 5.41) is 14.8. The number of carbonyl (C=O) groups excluding carboxylic acids is 2. The van der Waals surface area contributed by atoms with Gasteiger partial charge in [0.25, 0.3) is 5.91 Å². The maximum Gasteiger partial charge on any atom is 0.268 e. The number of amides is 2. The third kappa shape index (κ3) is 7.97. The molecule has 2 rings (SSSR count). The first-order valence-electron chi connectivity index (χ1n) is 9.35. The number of aryl methyl sites for hydroxylation is 1. The van der Waals surface area contributed by atoms with Crippen molar-refractivity contribution in [1.29, 1.82) is 0 Å². The summed E-state index contributed by atoms with van der Waals surface area (Å²) in [5.41, 5.74) is 7.42. The Hall–Kier alpha value is -3.46. The highest BCUT2D eigenvalue weighted by atomic mass is 16.2. The predicted octanol–water partition coefficient (Wildman–Crippen LogP) is 0.702. The van der Waals surface area contributed by atoms with Crippen LogP contribution in [0.25, 0.3) is 0 Å². The minimum absolute atomic E-state index is 0.0609. The number of nitrogens with one attached hydrogen (secondary N) is 2. The van der Waals surface area contributed by atoms with Crippen molar-refractivity contribution in [3.8, 4) is 0 Å². The summed E-state index contributed by atoms with van der Waals surface area (Å²) >= 11 is 0. The highest BCUT2D eigenvalue weighted by molar-refractivity contribution is 5.92. The zero-order chi connectivity index (χ0) is 21.1. The SMILES string of the molecule is CNC(=O)/C(N)=C/N(N)CCCCc1ccc(NC(=O)Cc2ccccc2)nn1. The second kappa shape index (κ2) is 11.4. The third-order valence-corrected chi connectivity index (χ3v) is 4.09. The van der Waals surface area contributed by atoms with Gasteiger partial charge < -0.3 is 21.4 Å². The quantitative estimate of drug-likeness (QED) is 0.200. The molecule has 1 aromatic carbocycles. The van der Waals surface area contributed by atoms with Crippen molar-refractivity contribution in [1.82, 2.24) is 20.5 Å². The number of hydrogen-bond acceptors (Lipinski definition) is 7. The van der Waals surface area contributed by atoms with Crippen molar-refractivity contribution < 1.29 is 9.59 Å². The van der Waals surface area contributed by atoms with E-state index in [9.17, 15) is 9.59 Å². The Bertz CT molecular complexity index is 822. The van der Waals surface area contributed by atoms with Gasteiger partial charge in [0.15, 0.2) is 5.82 Å². The van der Waals surface area contributed by atoms with Crippen molar-refractivity contribution in [3.05, 3.63) is 65.6 Å². The van der Waals surface area contributed by atoms with E-state index in [1.807, 2.05) is 36.4 Å². The van der Waals surface area contributed by atoms with Gasteiger partial charge in [-0.2, -0.15) is 5.10 Å². The van der Waals surface area contributed by atoms with E-state index in [-0.39, 0.29) is 17.5 Å². The molecule has 2 aromatic rings. The van der Waals surface area contributed by atoms with Crippen LogP contribution < -0.4 is 22.2 Å². The van der Waals surface area contributed by atoms with Gasteiger partial charge in [0.2, 0.25) is 5.91 Å². The lowest BCUT2D eigenvalue weighted by Gasteiger charge is -2.14. The number of likely N-dealkylation sites (N-methyl/N-ethyl adjacent to an activating group) is 1. The van der Waals surface area contributed by atoms with Crippen molar-refractivity contribution in [2.75, 3.05) is 18.9 Å². The molecule has 0 radical (unpaired) electrons. The minimum Gasteiger partial charge on any atom is -0.393 e. The molecule has 0 spiro atoms. The number of unbranched alkanes of at least 4 members (excludes halogenated alkanes) is 1. The molecule has 1 heterocycles. The molecule has 29 heavy (non-hydrogen) atoms. The minimum atomic E-state index is -0.369. The highest BCUT2D eigenvalue weighted by Gasteiger charge is 2.06. The molecule has 0 aliphatic carbocycles. The average Bonchev–Trinajstić information content (AvgIpc) is 2.72. The van der Waals surface area contributed by atoms with Crippen molar-refractivity contribution in [3.63, 3.8) is 0 Å². The van der Waals surface area contributed by atoms with Gasteiger partial charge >= 0.3 is 0 Å². The van der Waals surface area contributed by atoms with Crippen LogP contribution in [0.4, 0.5) is 5.82 Å². The van der Waals surface area contributed by atoms with Gasteiger partial charge in [0, 0.05) is 19.8 Å². The van der Waals surface area contributed by atoms with Gasteiger partial charge in [0.05, 0.1) is 12.1 Å². The zero-order valence-electron chi connectivity index (χ0n) is 16.5. The lowest BCUT2D eigenvalue weighted by Crippen LogP contribution is -2.32. The van der Waals surface area contributed by atoms with Gasteiger partial charge in [-0.15, -0.1) is 5.10 Å². The summed E-state index contributed by atoms with van der Waals surface area (Å²) in [5.74, 6) is 5.72. The molecule has 9 nitrogen and oxygen atoms in total. The second-order valence-corrected chi connectivity index (χ2v) is 6.48. The van der Waals surface area contributed by atoms with Crippen LogP contribution in [0.15, 0.2) is 54.4 Å². The maximum absolute atomic E-state index is 12.0. The normalized spacial score (nSPS) is 11.0. The Balaban J connectivity index is 1.71. The highest BCUT2D eigenvalue weighted by Crippen LogP contribution is 2.07. The summed E-state index contributed by atoms with van der Waals surface area (Å²) in [7, 11) is 1.50. The predicted molar refractivity (Wildman–Crippen MR) is 111 cm³/mol. The number of nitrogens with two attached hydrogens (primary N) is 2. The van der Waals surface area contributed by atoms with E-state index in [1.165, 1.54) is 18.3 Å². The molecule has 0 aliphatic rings. The Morgan fingerprint density at radius 1 is 1.10 bits per heavy atom. The molecule has 154 valence electrons. The fourth-order valence-corrected chi connectivity index (χ4v) is 2.57. The van der Waals surface area contributed by atoms with Gasteiger partial charge in [0.1, 0.15) is 5.70 Å². The molecule has 0 bridgehead atoms. The van der Waals surface area contributed by atoms with Crippen LogP contribution in [0.2, 0.25) is 0 Å². The first-order chi connectivity index (χ1) is 14.0. The second-order valence-electron chi connectivity index (χ2n) is 6.48. The van der Waals surface area contributed by atoms with E-state index in [0.29, 0.717) is 18.8 Å². The molecule has 0 saturated carbocycles. The number of anilines is 1. The molecule has 0 fully saturated rings. The first kappa shape index (κ1) is 21.8. The fourth-order valence-electron chi connectivity index (χ4n) is 2.57. The Morgan fingerprint density at radius 2 is 1.86 bits per heavy atom. The molecular formula is C20H27N7O2. The molecular weight excluding hydrogens is 370 g/mol. The molecule has 0 saturated heterocycles. The molecule has 0 unspecified atom stereocenters. The van der Waals surface area contributed by atoms with E-state index in [0.717, 1.165) is 30.5 Å². The number of rotatable bonds is 10. The summed E-state index contributed by atoms with van der Waals surface area (Å²) in [6, 6.07) is 13.1. The van der Waals surface area contributed by atoms with Gasteiger partial charge in [-0.25, -0.2) is 5.84 Å². The van der Waals surface area contributed by atoms with E-state index >= 15 is 0 Å². The molecule has 9 heteroatoms. The number of carbonyl (C=O) groups is 2. The summed E-state index contributed by atoms with van der Waals surface area (Å²) in [6.07, 6.45) is 4.07. The van der Waals surface area contributed by atoms with Crippen molar-refractivity contribution in [2.45, 2.75) is 25.7 Å². The lowest BCUT2D eigenvalue weighted by atomic mass is 10.1. The number of aromatic nitrogens is 2. The third-order valence-electron chi connectivity index (χ3n) is 4.09. The largest absolute Gasteiger partial charge is 0.393 e. The molecule has 2 amide bonds. The lowest BCUT2D eigenvalue weighted by molar-refractivity contribution is -0.117. The van der Waals surface area contributed by atoms with Crippen LogP contribution in [0.5, 0.6) is 0 Å². The van der Waals surface area contributed by atoms with E-state index < -0.39 is 0 Å². The number of nitrogens with zero attached hydrogens (tertiary/aromatic N) is 3. The first-order valence-corrected chi connectivity index (χ1v) is 9.35. The molecule has 0 aliphatic heterocycles. The van der Waals surface area contributed by atoms with Crippen molar-refractivity contribution >= 4 is 17.6 Å². The molecule has 1 aromatic heterocycles. The van der Waals surface area contributed by atoms with Crippen LogP contribution in [0, 0.1) is 0 Å². The topological polar surface area (TPSA) is 139 Å². The van der Waals surface area contributed by atoms with Crippen LogP contribution in [0.3, 0.4) is 0 Å². The van der Waals surface area contributed by atoms with Crippen molar-refractivity contribution in [2.24, 2.45) is 11.6 Å². The van der Waals surface area contributed by atoms with Gasteiger partial charge in [-0.1, -0.05) is 30.3 Å². The standard InChI is InChI=1S/C20H27N7O2/c1-23-20(29)17(21)14-27(22)12-6-5-9-16-10-11-18(26-25-16)24-19(28)13-15-7-3-2-4-8-15/h2-4,7-8,10-11,14H,5-6,9,12-13,21-22H2,1H3,(H,23,29)(H,24,26,28)/b17-14-. The smallest absolute Gasteiger partial charge is 0.268 e. The monoisotopic (exact) mass is 397 g/mol. The molecule has 0 atom stereocenters. The number of hydrogen-bond donors (Lipinski definition) is 4. The van der Waals surface area contributed by atoms with Crippen LogP contribution in [-0.4, -0.2) is 40.6 Å². The van der Waals surface area contributed by atoms with Crippen LogP contribution in [0.1, 0.15) is 24.1 Å². The summed E-state index contributed by atoms with van der Waals surface area (Å²) in [4.78, 5) is 23.4. The Morgan fingerprint density at radius 3 is 2.52 bits per heavy atom. The van der Waals surface area contributed by atoms with E-state index in [1.54, 1.807) is 6.07 Å². The van der Waals surface area contributed by atoms with Gasteiger partial charge in [-0.05, 0) is 37.0 Å². The zero-order valence-corrected chi connectivity index (χ0v) is 16.5. The maximum atomic E-state index is 12.0. The molecule has 6 N–H and O–H groups in total. The number of benzene rings is 1. The van der Waals surface area contributed by atoms with Crippen LogP contribution in [-0.2, 0) is 22.4 Å².